The number of hydrogen-bond acceptors (Lipinski definition) is 5. The molecule has 0 radical (unpaired) electrons. The van der Waals surface area contributed by atoms with Gasteiger partial charge in [0.25, 0.3) is 5.89 Å². The van der Waals surface area contributed by atoms with Crippen molar-refractivity contribution in [3.63, 3.8) is 0 Å². The monoisotopic (exact) mass is 261 g/mol. The van der Waals surface area contributed by atoms with Crippen LogP contribution in [-0.4, -0.2) is 22.8 Å². The van der Waals surface area contributed by atoms with Gasteiger partial charge in [0.15, 0.2) is 5.82 Å². The number of halogens is 1. The van der Waals surface area contributed by atoms with E-state index in [4.69, 9.17) is 15.0 Å². The van der Waals surface area contributed by atoms with E-state index in [-0.39, 0.29) is 30.0 Å². The van der Waals surface area contributed by atoms with E-state index >= 15 is 0 Å². The maximum Gasteiger partial charge on any atom is 0.255 e. The van der Waals surface area contributed by atoms with E-state index in [0.717, 1.165) is 18.7 Å². The molecule has 1 aliphatic heterocycles. The SMILES string of the molecule is CC(C)(C)c1noc(C2CCC(CN)O2)n1.Cl. The largest absolute Gasteiger partial charge is 0.364 e. The highest BCUT2D eigenvalue weighted by molar-refractivity contribution is 5.85. The van der Waals surface area contributed by atoms with Crippen molar-refractivity contribution in [1.29, 1.82) is 0 Å². The van der Waals surface area contributed by atoms with Gasteiger partial charge in [0.1, 0.15) is 6.10 Å². The van der Waals surface area contributed by atoms with Gasteiger partial charge >= 0.3 is 0 Å². The fraction of sp³-hybridized carbons (Fsp3) is 0.818. The molecule has 0 amide bonds. The van der Waals surface area contributed by atoms with Gasteiger partial charge in [0.05, 0.1) is 6.10 Å². The predicted molar refractivity (Wildman–Crippen MR) is 66.1 cm³/mol. The van der Waals surface area contributed by atoms with Gasteiger partial charge in [-0.2, -0.15) is 4.98 Å². The summed E-state index contributed by atoms with van der Waals surface area (Å²) in [4.78, 5) is 4.39. The minimum atomic E-state index is -0.0897. The van der Waals surface area contributed by atoms with Crippen LogP contribution >= 0.6 is 12.4 Å². The molecule has 1 aromatic heterocycles. The molecule has 5 nitrogen and oxygen atoms in total. The molecule has 98 valence electrons. The highest BCUT2D eigenvalue weighted by Gasteiger charge is 2.31. The lowest BCUT2D eigenvalue weighted by Gasteiger charge is -2.11. The molecule has 0 bridgehead atoms. The minimum absolute atomic E-state index is 0. The summed E-state index contributed by atoms with van der Waals surface area (Å²) in [5, 5.41) is 3.99. The molecule has 1 saturated heterocycles. The zero-order chi connectivity index (χ0) is 11.8. The van der Waals surface area contributed by atoms with Gasteiger partial charge in [-0.15, -0.1) is 12.4 Å². The van der Waals surface area contributed by atoms with Gasteiger partial charge in [0.2, 0.25) is 0 Å². The number of aromatic nitrogens is 2. The average molecular weight is 262 g/mol. The molecule has 1 aromatic rings. The molecular formula is C11H20ClN3O2. The lowest BCUT2D eigenvalue weighted by molar-refractivity contribution is 0.0307. The van der Waals surface area contributed by atoms with Crippen LogP contribution in [0, 0.1) is 0 Å². The molecule has 0 saturated carbocycles. The highest BCUT2D eigenvalue weighted by atomic mass is 35.5. The first-order chi connectivity index (χ1) is 7.50. The van der Waals surface area contributed by atoms with Crippen molar-refractivity contribution in [2.24, 2.45) is 5.73 Å². The summed E-state index contributed by atoms with van der Waals surface area (Å²) in [6, 6.07) is 0. The summed E-state index contributed by atoms with van der Waals surface area (Å²) in [6.45, 7) is 6.72. The number of nitrogens with zero attached hydrogens (tertiary/aromatic N) is 2. The van der Waals surface area contributed by atoms with Crippen LogP contribution in [0.2, 0.25) is 0 Å². The summed E-state index contributed by atoms with van der Waals surface area (Å²) >= 11 is 0. The third kappa shape index (κ3) is 3.18. The lowest BCUT2D eigenvalue weighted by atomic mass is 9.96. The van der Waals surface area contributed by atoms with E-state index in [1.54, 1.807) is 0 Å². The molecule has 2 rings (SSSR count). The van der Waals surface area contributed by atoms with Gasteiger partial charge in [-0.3, -0.25) is 0 Å². The van der Waals surface area contributed by atoms with E-state index in [9.17, 15) is 0 Å². The zero-order valence-corrected chi connectivity index (χ0v) is 11.3. The molecule has 1 aliphatic rings. The summed E-state index contributed by atoms with van der Waals surface area (Å²) in [5.41, 5.74) is 5.47. The van der Waals surface area contributed by atoms with E-state index < -0.39 is 0 Å². The Morgan fingerprint density at radius 2 is 2.06 bits per heavy atom. The molecule has 2 N–H and O–H groups in total. The predicted octanol–water partition coefficient (Wildman–Crippen LogP) is 1.97. The fourth-order valence-electron chi connectivity index (χ4n) is 1.73. The molecule has 2 unspecified atom stereocenters. The lowest BCUT2D eigenvalue weighted by Crippen LogP contribution is -2.19. The summed E-state index contributed by atoms with van der Waals surface area (Å²) in [6.07, 6.45) is 1.94. The van der Waals surface area contributed by atoms with Crippen LogP contribution in [-0.2, 0) is 10.2 Å². The Bertz CT molecular complexity index is 362. The Morgan fingerprint density at radius 1 is 1.35 bits per heavy atom. The third-order valence-corrected chi connectivity index (χ3v) is 2.76. The first kappa shape index (κ1) is 14.4. The van der Waals surface area contributed by atoms with Crippen molar-refractivity contribution in [2.45, 2.75) is 51.2 Å². The van der Waals surface area contributed by atoms with Gasteiger partial charge in [-0.25, -0.2) is 0 Å². The first-order valence-electron chi connectivity index (χ1n) is 5.70. The molecular weight excluding hydrogens is 242 g/mol. The molecule has 2 atom stereocenters. The number of nitrogens with two attached hydrogens (primary N) is 1. The molecule has 2 heterocycles. The van der Waals surface area contributed by atoms with Crippen molar-refractivity contribution < 1.29 is 9.26 Å². The van der Waals surface area contributed by atoms with Crippen LogP contribution in [0.4, 0.5) is 0 Å². The summed E-state index contributed by atoms with van der Waals surface area (Å²) in [5.74, 6) is 1.31. The second kappa shape index (κ2) is 5.33. The maximum absolute atomic E-state index is 5.70. The Morgan fingerprint density at radius 3 is 2.53 bits per heavy atom. The van der Waals surface area contributed by atoms with Crippen LogP contribution in [0.3, 0.4) is 0 Å². The molecule has 0 spiro atoms. The van der Waals surface area contributed by atoms with Gasteiger partial charge in [0, 0.05) is 12.0 Å². The van der Waals surface area contributed by atoms with E-state index in [0.29, 0.717) is 12.4 Å². The van der Waals surface area contributed by atoms with Crippen LogP contribution in [0.5, 0.6) is 0 Å². The Hall–Kier alpha value is -0.650. The topological polar surface area (TPSA) is 74.2 Å². The number of ether oxygens (including phenoxy) is 1. The smallest absolute Gasteiger partial charge is 0.255 e. The van der Waals surface area contributed by atoms with Crippen LogP contribution in [0.15, 0.2) is 4.52 Å². The van der Waals surface area contributed by atoms with Crippen LogP contribution in [0.25, 0.3) is 0 Å². The molecule has 17 heavy (non-hydrogen) atoms. The Kier molecular flexibility index (Phi) is 4.52. The maximum atomic E-state index is 5.70. The summed E-state index contributed by atoms with van der Waals surface area (Å²) < 4.78 is 10.9. The molecule has 6 heteroatoms. The standard InChI is InChI=1S/C11H19N3O2.ClH/c1-11(2,3)10-13-9(16-14-10)8-5-4-7(6-12)15-8;/h7-8H,4-6,12H2,1-3H3;1H. The second-order valence-electron chi connectivity index (χ2n) is 5.27. The van der Waals surface area contributed by atoms with Crippen LogP contribution < -0.4 is 5.73 Å². The van der Waals surface area contributed by atoms with Gasteiger partial charge in [-0.1, -0.05) is 25.9 Å². The van der Waals surface area contributed by atoms with E-state index in [2.05, 4.69) is 30.9 Å². The Balaban J connectivity index is 0.00000144. The minimum Gasteiger partial charge on any atom is -0.364 e. The Labute approximate surface area is 108 Å². The number of rotatable bonds is 2. The average Bonchev–Trinajstić information content (AvgIpc) is 2.85. The fourth-order valence-corrected chi connectivity index (χ4v) is 1.73. The van der Waals surface area contributed by atoms with Gasteiger partial charge in [-0.05, 0) is 12.8 Å². The second-order valence-corrected chi connectivity index (χ2v) is 5.27. The summed E-state index contributed by atoms with van der Waals surface area (Å²) in [7, 11) is 0. The van der Waals surface area contributed by atoms with Crippen molar-refractivity contribution in [2.75, 3.05) is 6.54 Å². The van der Waals surface area contributed by atoms with Crippen molar-refractivity contribution in [3.8, 4) is 0 Å². The van der Waals surface area contributed by atoms with E-state index in [1.807, 2.05) is 0 Å². The zero-order valence-electron chi connectivity index (χ0n) is 10.5. The van der Waals surface area contributed by atoms with E-state index in [1.165, 1.54) is 0 Å². The van der Waals surface area contributed by atoms with Crippen molar-refractivity contribution in [3.05, 3.63) is 11.7 Å². The van der Waals surface area contributed by atoms with Crippen LogP contribution in [0.1, 0.15) is 51.4 Å². The molecule has 1 fully saturated rings. The third-order valence-electron chi connectivity index (χ3n) is 2.76. The first-order valence-corrected chi connectivity index (χ1v) is 5.70. The molecule has 0 aromatic carbocycles. The van der Waals surface area contributed by atoms with Crippen molar-refractivity contribution >= 4 is 12.4 Å². The highest BCUT2D eigenvalue weighted by Crippen LogP contribution is 2.32. The normalized spacial score (nSPS) is 24.7. The van der Waals surface area contributed by atoms with Crippen molar-refractivity contribution in [1.82, 2.24) is 10.1 Å². The number of hydrogen-bond donors (Lipinski definition) is 1. The quantitative estimate of drug-likeness (QED) is 0.881. The molecule has 0 aliphatic carbocycles. The van der Waals surface area contributed by atoms with Gasteiger partial charge < -0.3 is 15.0 Å².